The number of aryl methyl sites for hydroxylation is 1. The molecule has 1 N–H and O–H groups in total. The van der Waals surface area contributed by atoms with Crippen LogP contribution in [0.15, 0.2) is 24.3 Å². The van der Waals surface area contributed by atoms with Crippen LogP contribution in [0.25, 0.3) is 0 Å². The molecule has 2 aromatic rings. The van der Waals surface area contributed by atoms with E-state index in [1.54, 1.807) is 12.1 Å². The first-order valence-electron chi connectivity index (χ1n) is 8.35. The first-order valence-corrected chi connectivity index (χ1v) is 9.55. The summed E-state index contributed by atoms with van der Waals surface area (Å²) >= 11 is 7.29. The van der Waals surface area contributed by atoms with Crippen LogP contribution in [-0.4, -0.2) is 42.5 Å². The van der Waals surface area contributed by atoms with Gasteiger partial charge in [0, 0.05) is 18.1 Å². The molecule has 1 atom stereocenters. The molecular weight excluding hydrogens is 358 g/mol. The highest BCUT2D eigenvalue weighted by Gasteiger charge is 2.28. The van der Waals surface area contributed by atoms with Gasteiger partial charge in [0.1, 0.15) is 22.2 Å². The second kappa shape index (κ2) is 8.17. The number of halogens is 1. The summed E-state index contributed by atoms with van der Waals surface area (Å²) < 4.78 is 5.73. The molecule has 0 bridgehead atoms. The molecule has 1 fully saturated rings. The molecule has 0 unspecified atom stereocenters. The molecular formula is C18H22ClN3O2S. The molecule has 3 rings (SSSR count). The lowest BCUT2D eigenvalue weighted by molar-refractivity contribution is 0.0791. The van der Waals surface area contributed by atoms with Crippen molar-refractivity contribution in [2.45, 2.75) is 20.0 Å². The highest BCUT2D eigenvalue weighted by Crippen LogP contribution is 2.25. The number of likely N-dealkylation sites (tertiary alicyclic amines) is 1. The van der Waals surface area contributed by atoms with Crippen LogP contribution in [0.2, 0.25) is 5.02 Å². The van der Waals surface area contributed by atoms with Gasteiger partial charge < -0.3 is 15.0 Å². The SMILES string of the molecule is CNC[C@@H]1CCN(C(=O)c2sc(COc3ccc(Cl)cc3)nc2C)C1. The number of carbonyl (C=O) groups excluding carboxylic acids is 1. The van der Waals surface area contributed by atoms with Gasteiger partial charge >= 0.3 is 0 Å². The molecule has 7 heteroatoms. The molecule has 1 aromatic heterocycles. The van der Waals surface area contributed by atoms with Crippen molar-refractivity contribution < 1.29 is 9.53 Å². The quantitative estimate of drug-likeness (QED) is 0.836. The number of amides is 1. The van der Waals surface area contributed by atoms with Crippen LogP contribution in [0.5, 0.6) is 5.75 Å². The maximum Gasteiger partial charge on any atom is 0.265 e. The van der Waals surface area contributed by atoms with Gasteiger partial charge in [-0.3, -0.25) is 4.79 Å². The van der Waals surface area contributed by atoms with E-state index in [0.717, 1.165) is 47.4 Å². The zero-order valence-electron chi connectivity index (χ0n) is 14.4. The van der Waals surface area contributed by atoms with Gasteiger partial charge in [-0.15, -0.1) is 11.3 Å². The van der Waals surface area contributed by atoms with Gasteiger partial charge in [-0.1, -0.05) is 11.6 Å². The molecule has 2 heterocycles. The first-order chi connectivity index (χ1) is 12.1. The normalized spacial score (nSPS) is 17.1. The Morgan fingerprint density at radius 2 is 2.20 bits per heavy atom. The number of ether oxygens (including phenoxy) is 1. The van der Waals surface area contributed by atoms with Gasteiger partial charge in [0.15, 0.2) is 0 Å². The fourth-order valence-corrected chi connectivity index (χ4v) is 4.08. The van der Waals surface area contributed by atoms with E-state index in [0.29, 0.717) is 17.5 Å². The number of nitrogens with zero attached hydrogens (tertiary/aromatic N) is 2. The molecule has 0 aliphatic carbocycles. The van der Waals surface area contributed by atoms with Gasteiger partial charge in [0.05, 0.1) is 5.69 Å². The fourth-order valence-electron chi connectivity index (χ4n) is 3.00. The molecule has 134 valence electrons. The van der Waals surface area contributed by atoms with E-state index >= 15 is 0 Å². The van der Waals surface area contributed by atoms with Gasteiger partial charge in [-0.2, -0.15) is 0 Å². The Morgan fingerprint density at radius 3 is 2.92 bits per heavy atom. The van der Waals surface area contributed by atoms with Crippen LogP contribution in [0.1, 0.15) is 26.8 Å². The van der Waals surface area contributed by atoms with Crippen molar-refractivity contribution in [2.75, 3.05) is 26.7 Å². The summed E-state index contributed by atoms with van der Waals surface area (Å²) in [5, 5.41) is 4.67. The summed E-state index contributed by atoms with van der Waals surface area (Å²) in [5.74, 6) is 1.36. The number of nitrogens with one attached hydrogen (secondary N) is 1. The second-order valence-electron chi connectivity index (χ2n) is 6.23. The molecule has 0 spiro atoms. The van der Waals surface area contributed by atoms with Crippen molar-refractivity contribution in [3.8, 4) is 5.75 Å². The summed E-state index contributed by atoms with van der Waals surface area (Å²) in [7, 11) is 1.95. The van der Waals surface area contributed by atoms with Crippen molar-refractivity contribution in [1.82, 2.24) is 15.2 Å². The van der Waals surface area contributed by atoms with Crippen molar-refractivity contribution >= 4 is 28.8 Å². The molecule has 1 amide bonds. The smallest absolute Gasteiger partial charge is 0.265 e. The molecule has 25 heavy (non-hydrogen) atoms. The van der Waals surface area contributed by atoms with E-state index in [1.807, 2.05) is 31.0 Å². The number of aromatic nitrogens is 1. The standard InChI is InChI=1S/C18H22ClN3O2S/c1-12-17(18(23)22-8-7-13(10-22)9-20-2)25-16(21-12)11-24-15-5-3-14(19)4-6-15/h3-6,13,20H,7-11H2,1-2H3/t13-/m0/s1. The van der Waals surface area contributed by atoms with Crippen LogP contribution >= 0.6 is 22.9 Å². The minimum atomic E-state index is 0.0892. The average Bonchev–Trinajstić information content (AvgIpc) is 3.21. The van der Waals surface area contributed by atoms with Crippen molar-refractivity contribution in [3.63, 3.8) is 0 Å². The Balaban J connectivity index is 1.62. The minimum Gasteiger partial charge on any atom is -0.486 e. The van der Waals surface area contributed by atoms with Gasteiger partial charge in [0.25, 0.3) is 5.91 Å². The molecule has 0 saturated carbocycles. The Morgan fingerprint density at radius 1 is 1.44 bits per heavy atom. The van der Waals surface area contributed by atoms with E-state index in [2.05, 4.69) is 10.3 Å². The third-order valence-corrected chi connectivity index (χ3v) is 5.65. The lowest BCUT2D eigenvalue weighted by atomic mass is 10.1. The molecule has 1 aromatic carbocycles. The Bertz CT molecular complexity index is 732. The molecule has 1 saturated heterocycles. The summed E-state index contributed by atoms with van der Waals surface area (Å²) in [6, 6.07) is 7.21. The predicted octanol–water partition coefficient (Wildman–Crippen LogP) is 3.37. The number of rotatable bonds is 6. The molecule has 5 nitrogen and oxygen atoms in total. The highest BCUT2D eigenvalue weighted by molar-refractivity contribution is 7.13. The molecule has 1 aliphatic rings. The molecule has 0 radical (unpaired) electrons. The van der Waals surface area contributed by atoms with Crippen LogP contribution in [0, 0.1) is 12.8 Å². The maximum atomic E-state index is 12.8. The van der Waals surface area contributed by atoms with Crippen LogP contribution in [0.4, 0.5) is 0 Å². The lowest BCUT2D eigenvalue weighted by Gasteiger charge is -2.15. The van der Waals surface area contributed by atoms with Crippen LogP contribution < -0.4 is 10.1 Å². The third kappa shape index (κ3) is 4.51. The van der Waals surface area contributed by atoms with Gasteiger partial charge in [0.2, 0.25) is 0 Å². The zero-order chi connectivity index (χ0) is 17.8. The zero-order valence-corrected chi connectivity index (χ0v) is 16.0. The average molecular weight is 380 g/mol. The van der Waals surface area contributed by atoms with E-state index in [4.69, 9.17) is 16.3 Å². The summed E-state index contributed by atoms with van der Waals surface area (Å²) in [4.78, 5) is 19.9. The largest absolute Gasteiger partial charge is 0.486 e. The van der Waals surface area contributed by atoms with Crippen molar-refractivity contribution in [1.29, 1.82) is 0 Å². The summed E-state index contributed by atoms with van der Waals surface area (Å²) in [5.41, 5.74) is 0.779. The summed E-state index contributed by atoms with van der Waals surface area (Å²) in [6.07, 6.45) is 1.05. The minimum absolute atomic E-state index is 0.0892. The number of benzene rings is 1. The number of hydrogen-bond donors (Lipinski definition) is 1. The van der Waals surface area contributed by atoms with Gasteiger partial charge in [-0.05, 0) is 57.1 Å². The van der Waals surface area contributed by atoms with Crippen molar-refractivity contribution in [3.05, 3.63) is 44.9 Å². The van der Waals surface area contributed by atoms with E-state index in [1.165, 1.54) is 11.3 Å². The lowest BCUT2D eigenvalue weighted by Crippen LogP contribution is -2.30. The number of carbonyl (C=O) groups is 1. The van der Waals surface area contributed by atoms with E-state index < -0.39 is 0 Å². The predicted molar refractivity (Wildman–Crippen MR) is 101 cm³/mol. The van der Waals surface area contributed by atoms with E-state index in [9.17, 15) is 4.79 Å². The highest BCUT2D eigenvalue weighted by atomic mass is 35.5. The Kier molecular flexibility index (Phi) is 5.93. The Labute approximate surface area is 157 Å². The maximum absolute atomic E-state index is 12.8. The van der Waals surface area contributed by atoms with E-state index in [-0.39, 0.29) is 5.91 Å². The van der Waals surface area contributed by atoms with Crippen molar-refractivity contribution in [2.24, 2.45) is 5.92 Å². The topological polar surface area (TPSA) is 54.5 Å². The second-order valence-corrected chi connectivity index (χ2v) is 7.75. The van der Waals surface area contributed by atoms with Gasteiger partial charge in [-0.25, -0.2) is 4.98 Å². The van der Waals surface area contributed by atoms with Crippen LogP contribution in [-0.2, 0) is 6.61 Å². The summed E-state index contributed by atoms with van der Waals surface area (Å²) in [6.45, 7) is 4.82. The van der Waals surface area contributed by atoms with Crippen LogP contribution in [0.3, 0.4) is 0 Å². The Hall–Kier alpha value is -1.63. The number of thiazole rings is 1. The number of hydrogen-bond acceptors (Lipinski definition) is 5. The molecule has 1 aliphatic heterocycles. The fraction of sp³-hybridized carbons (Fsp3) is 0.444. The monoisotopic (exact) mass is 379 g/mol. The third-order valence-electron chi connectivity index (χ3n) is 4.28. The first kappa shape index (κ1) is 18.2.